The second kappa shape index (κ2) is 7.59. The smallest absolute Gasteiger partial charge is 0.341 e. The second-order valence-electron chi connectivity index (χ2n) is 4.48. The molecule has 24 heavy (non-hydrogen) atoms. The van der Waals surface area contributed by atoms with Gasteiger partial charge in [0.05, 0.1) is 10.7 Å². The Kier molecular flexibility index (Phi) is 5.52. The maximum absolute atomic E-state index is 11.7. The van der Waals surface area contributed by atoms with Crippen LogP contribution in [0.4, 0.5) is 0 Å². The molecule has 2 aromatic rings. The fourth-order valence-corrected chi connectivity index (χ4v) is 2.30. The van der Waals surface area contributed by atoms with Crippen molar-refractivity contribution in [1.29, 1.82) is 5.26 Å². The van der Waals surface area contributed by atoms with Crippen molar-refractivity contribution in [3.05, 3.63) is 55.2 Å². The molecule has 0 aliphatic rings. The van der Waals surface area contributed by atoms with Crippen molar-refractivity contribution in [2.24, 2.45) is 0 Å². The number of aliphatic carboxylic acids is 1. The number of nitriles is 1. The van der Waals surface area contributed by atoms with E-state index in [2.05, 4.69) is 9.97 Å². The molecule has 0 unspecified atom stereocenters. The zero-order valence-electron chi connectivity index (χ0n) is 12.0. The number of aromatic nitrogens is 2. The molecule has 0 aliphatic heterocycles. The second-order valence-corrected chi connectivity index (χ2v) is 5.30. The van der Waals surface area contributed by atoms with E-state index in [0.717, 1.165) is 0 Å². The maximum Gasteiger partial charge on any atom is 0.341 e. The van der Waals surface area contributed by atoms with Gasteiger partial charge >= 0.3 is 5.97 Å². The lowest BCUT2D eigenvalue weighted by atomic mass is 10.1. The Bertz CT molecular complexity index is 972. The largest absolute Gasteiger partial charge is 0.480 e. The summed E-state index contributed by atoms with van der Waals surface area (Å²) in [4.78, 5) is 27.4. The van der Waals surface area contributed by atoms with Crippen molar-refractivity contribution in [3.63, 3.8) is 0 Å². The maximum atomic E-state index is 11.7. The molecule has 3 N–H and O–H groups in total. The van der Waals surface area contributed by atoms with Gasteiger partial charge in [-0.2, -0.15) is 5.26 Å². The Morgan fingerprint density at radius 2 is 2.17 bits per heavy atom. The highest BCUT2D eigenvalue weighted by Crippen LogP contribution is 2.30. The highest BCUT2D eigenvalue weighted by atomic mass is 35.5. The fourth-order valence-electron chi connectivity index (χ4n) is 1.86. The molecule has 0 bridgehead atoms. The van der Waals surface area contributed by atoms with Crippen LogP contribution in [0.1, 0.15) is 16.8 Å². The van der Waals surface area contributed by atoms with E-state index in [0.29, 0.717) is 5.56 Å². The van der Waals surface area contributed by atoms with Crippen molar-refractivity contribution in [2.75, 3.05) is 6.61 Å². The van der Waals surface area contributed by atoms with Gasteiger partial charge in [0.1, 0.15) is 17.4 Å². The molecular formula is C15H10ClN3O4S. The molecule has 1 heterocycles. The van der Waals surface area contributed by atoms with E-state index in [1.165, 1.54) is 12.2 Å². The lowest BCUT2D eigenvalue weighted by Crippen LogP contribution is -2.13. The summed E-state index contributed by atoms with van der Waals surface area (Å²) in [5, 5.41) is 18.0. The van der Waals surface area contributed by atoms with Crippen LogP contribution < -0.4 is 10.3 Å². The fraction of sp³-hybridized carbons (Fsp3) is 0.0667. The Morgan fingerprint density at radius 1 is 1.42 bits per heavy atom. The third-order valence-electron chi connectivity index (χ3n) is 2.85. The van der Waals surface area contributed by atoms with Crippen molar-refractivity contribution in [3.8, 4) is 11.8 Å². The van der Waals surface area contributed by atoms with Gasteiger partial charge in [0.2, 0.25) is 0 Å². The van der Waals surface area contributed by atoms with Crippen LogP contribution >= 0.6 is 23.8 Å². The minimum absolute atomic E-state index is 0.0760. The third kappa shape index (κ3) is 4.10. The van der Waals surface area contributed by atoms with Crippen LogP contribution in [0.15, 0.2) is 23.0 Å². The number of halogens is 1. The third-order valence-corrected chi connectivity index (χ3v) is 3.35. The molecule has 2 rings (SSSR count). The molecule has 0 amide bonds. The Balaban J connectivity index is 2.46. The van der Waals surface area contributed by atoms with Gasteiger partial charge in [0.25, 0.3) is 5.56 Å². The number of para-hydroxylation sites is 1. The van der Waals surface area contributed by atoms with E-state index < -0.39 is 18.1 Å². The average molecular weight is 364 g/mol. The Labute approximate surface area is 145 Å². The number of nitrogens with zero attached hydrogens (tertiary/aromatic N) is 1. The molecule has 1 aromatic heterocycles. The van der Waals surface area contributed by atoms with Gasteiger partial charge in [0.15, 0.2) is 11.4 Å². The zero-order chi connectivity index (χ0) is 17.7. The highest BCUT2D eigenvalue weighted by molar-refractivity contribution is 7.71. The molecule has 7 nitrogen and oxygen atoms in total. The van der Waals surface area contributed by atoms with E-state index in [4.69, 9.17) is 38.9 Å². The normalized spacial score (nSPS) is 10.5. The van der Waals surface area contributed by atoms with Crippen molar-refractivity contribution < 1.29 is 14.6 Å². The topological polar surface area (TPSA) is 119 Å². The van der Waals surface area contributed by atoms with Crippen LogP contribution in [0.5, 0.6) is 5.75 Å². The molecule has 122 valence electrons. The van der Waals surface area contributed by atoms with E-state index in [-0.39, 0.29) is 26.8 Å². The van der Waals surface area contributed by atoms with Gasteiger partial charge in [-0.15, -0.1) is 0 Å². The number of rotatable bonds is 5. The first kappa shape index (κ1) is 17.5. The first-order chi connectivity index (χ1) is 11.4. The van der Waals surface area contributed by atoms with Crippen molar-refractivity contribution >= 4 is 41.9 Å². The SMILES string of the molecule is N#Cc1c(/C=C/c2cccc(Cl)c2OCC(=O)O)[nH]c(=S)[nH]c1=O. The average Bonchev–Trinajstić information content (AvgIpc) is 2.51. The first-order valence-electron chi connectivity index (χ1n) is 6.50. The highest BCUT2D eigenvalue weighted by Gasteiger charge is 2.09. The lowest BCUT2D eigenvalue weighted by molar-refractivity contribution is -0.139. The zero-order valence-corrected chi connectivity index (χ0v) is 13.6. The summed E-state index contributed by atoms with van der Waals surface area (Å²) in [5.41, 5.74) is -0.0353. The summed E-state index contributed by atoms with van der Waals surface area (Å²) in [5.74, 6) is -0.963. The summed E-state index contributed by atoms with van der Waals surface area (Å²) in [6.45, 7) is -0.554. The van der Waals surface area contributed by atoms with Crippen molar-refractivity contribution in [2.45, 2.75) is 0 Å². The first-order valence-corrected chi connectivity index (χ1v) is 7.29. The summed E-state index contributed by atoms with van der Waals surface area (Å²) >= 11 is 10.9. The molecule has 1 aromatic carbocycles. The minimum Gasteiger partial charge on any atom is -0.480 e. The van der Waals surface area contributed by atoms with Crippen LogP contribution in [0.3, 0.4) is 0 Å². The summed E-state index contributed by atoms with van der Waals surface area (Å²) in [6, 6.07) is 6.64. The predicted molar refractivity (Wildman–Crippen MR) is 90.5 cm³/mol. The monoisotopic (exact) mass is 363 g/mol. The quantitative estimate of drug-likeness (QED) is 0.702. The molecule has 0 saturated carbocycles. The van der Waals surface area contributed by atoms with Gasteiger partial charge < -0.3 is 14.8 Å². The van der Waals surface area contributed by atoms with Crippen LogP contribution in [0.25, 0.3) is 12.2 Å². The standard InChI is InChI=1S/C15H10ClN3O4S/c16-10-3-1-2-8(13(10)23-7-12(20)21)4-5-11-9(6-17)14(22)19-15(24)18-11/h1-5H,7H2,(H,20,21)(H2,18,19,22,24)/b5-4+. The molecule has 0 atom stereocenters. The van der Waals surface area contributed by atoms with Gasteiger partial charge in [-0.3, -0.25) is 9.78 Å². The molecule has 0 saturated heterocycles. The lowest BCUT2D eigenvalue weighted by Gasteiger charge is -2.09. The van der Waals surface area contributed by atoms with E-state index in [1.54, 1.807) is 24.3 Å². The van der Waals surface area contributed by atoms with Crippen LogP contribution in [-0.2, 0) is 4.79 Å². The van der Waals surface area contributed by atoms with Gasteiger partial charge in [0, 0.05) is 5.56 Å². The number of benzene rings is 1. The predicted octanol–water partition coefficient (Wildman–Crippen LogP) is 2.59. The Morgan fingerprint density at radius 3 is 2.83 bits per heavy atom. The van der Waals surface area contributed by atoms with Gasteiger partial charge in [-0.1, -0.05) is 23.7 Å². The molecule has 0 aliphatic carbocycles. The van der Waals surface area contributed by atoms with Gasteiger partial charge in [-0.25, -0.2) is 4.79 Å². The Hall–Kier alpha value is -2.89. The number of hydrogen-bond acceptors (Lipinski definition) is 5. The number of carboxylic acid groups (broad SMARTS) is 1. The summed E-state index contributed by atoms with van der Waals surface area (Å²) < 4.78 is 5.25. The number of nitrogens with one attached hydrogen (secondary N) is 2. The number of ether oxygens (including phenoxy) is 1. The molecular weight excluding hydrogens is 354 g/mol. The van der Waals surface area contributed by atoms with Crippen LogP contribution in [0, 0.1) is 16.1 Å². The molecule has 0 radical (unpaired) electrons. The van der Waals surface area contributed by atoms with E-state index in [9.17, 15) is 9.59 Å². The number of carbonyl (C=O) groups is 1. The summed E-state index contributed by atoms with van der Waals surface area (Å²) in [7, 11) is 0. The van der Waals surface area contributed by atoms with Crippen LogP contribution in [-0.4, -0.2) is 27.7 Å². The number of H-pyrrole nitrogens is 2. The van der Waals surface area contributed by atoms with E-state index >= 15 is 0 Å². The number of carboxylic acids is 1. The van der Waals surface area contributed by atoms with Crippen LogP contribution in [0.2, 0.25) is 5.02 Å². The van der Waals surface area contributed by atoms with Crippen molar-refractivity contribution in [1.82, 2.24) is 9.97 Å². The summed E-state index contributed by atoms with van der Waals surface area (Å²) in [6.07, 6.45) is 2.99. The van der Waals surface area contributed by atoms with E-state index in [1.807, 2.05) is 0 Å². The van der Waals surface area contributed by atoms with Gasteiger partial charge in [-0.05, 0) is 30.4 Å². The minimum atomic E-state index is -1.14. The molecule has 9 heteroatoms. The number of hydrogen-bond donors (Lipinski definition) is 3. The number of aromatic amines is 2. The molecule has 0 fully saturated rings. The molecule has 0 spiro atoms.